The van der Waals surface area contributed by atoms with Gasteiger partial charge in [-0.15, -0.1) is 11.3 Å². The first-order valence-electron chi connectivity index (χ1n) is 10.4. The van der Waals surface area contributed by atoms with E-state index in [4.69, 9.17) is 5.73 Å². The van der Waals surface area contributed by atoms with Crippen molar-refractivity contribution in [3.05, 3.63) is 47.0 Å². The number of thiazole rings is 1. The molecule has 12 heteroatoms. The van der Waals surface area contributed by atoms with Crippen LogP contribution in [0.4, 0.5) is 0 Å². The maximum absolute atomic E-state index is 13.4. The van der Waals surface area contributed by atoms with Crippen molar-refractivity contribution in [1.82, 2.24) is 14.2 Å². The Morgan fingerprint density at radius 2 is 1.84 bits per heavy atom. The van der Waals surface area contributed by atoms with Gasteiger partial charge in [0.2, 0.25) is 10.2 Å². The first-order valence-corrected chi connectivity index (χ1v) is 14.5. The van der Waals surface area contributed by atoms with Crippen LogP contribution in [0.25, 0.3) is 0 Å². The van der Waals surface area contributed by atoms with Crippen molar-refractivity contribution in [2.24, 2.45) is 11.7 Å². The van der Waals surface area contributed by atoms with Crippen LogP contribution in [0.2, 0.25) is 0 Å². The molecular formula is C20H26N4O5S3. The van der Waals surface area contributed by atoms with E-state index in [0.717, 1.165) is 16.9 Å². The Kier molecular flexibility index (Phi) is 6.68. The van der Waals surface area contributed by atoms with E-state index < -0.39 is 25.8 Å². The molecule has 2 aliphatic rings. The molecule has 0 aliphatic carbocycles. The topological polar surface area (TPSA) is 131 Å². The van der Waals surface area contributed by atoms with Gasteiger partial charge in [0.15, 0.2) is 9.84 Å². The van der Waals surface area contributed by atoms with Gasteiger partial charge in [-0.1, -0.05) is 30.3 Å². The van der Waals surface area contributed by atoms with Gasteiger partial charge in [-0.05, 0) is 17.9 Å². The van der Waals surface area contributed by atoms with Crippen LogP contribution >= 0.6 is 11.3 Å². The van der Waals surface area contributed by atoms with Crippen molar-refractivity contribution in [1.29, 1.82) is 0 Å². The lowest BCUT2D eigenvalue weighted by molar-refractivity contribution is -0.136. The minimum absolute atomic E-state index is 0.0260. The number of hydrogen-bond donors (Lipinski definition) is 1. The standard InChI is InChI=1S/C20H26N4O5S3/c21-11-18-12-22-20(30-18)32(28,29)24-13-16(15-4-2-1-3-5-15)10-17(14-24)19(25)23-6-8-31(26,27)9-7-23/h1-5,12,16-17H,6-11,13-14,21H2/t16-,17-/m1/s1. The van der Waals surface area contributed by atoms with Crippen molar-refractivity contribution in [2.75, 3.05) is 37.7 Å². The van der Waals surface area contributed by atoms with Gasteiger partial charge >= 0.3 is 0 Å². The van der Waals surface area contributed by atoms with E-state index in [1.54, 1.807) is 4.90 Å². The molecule has 0 unspecified atom stereocenters. The van der Waals surface area contributed by atoms with Crippen LogP contribution < -0.4 is 5.73 Å². The first-order chi connectivity index (χ1) is 15.2. The van der Waals surface area contributed by atoms with Crippen LogP contribution in [0, 0.1) is 5.92 Å². The predicted octanol–water partition coefficient (Wildman–Crippen LogP) is 0.653. The summed E-state index contributed by atoms with van der Waals surface area (Å²) in [6.07, 6.45) is 1.97. The molecule has 1 amide bonds. The molecule has 2 saturated heterocycles. The predicted molar refractivity (Wildman–Crippen MR) is 121 cm³/mol. The summed E-state index contributed by atoms with van der Waals surface area (Å²) in [5.41, 5.74) is 6.58. The van der Waals surface area contributed by atoms with Gasteiger partial charge in [-0.25, -0.2) is 21.8 Å². The van der Waals surface area contributed by atoms with Crippen molar-refractivity contribution in [2.45, 2.75) is 23.2 Å². The van der Waals surface area contributed by atoms with E-state index in [9.17, 15) is 21.6 Å². The van der Waals surface area contributed by atoms with E-state index in [1.807, 2.05) is 30.3 Å². The number of benzene rings is 1. The molecule has 9 nitrogen and oxygen atoms in total. The summed E-state index contributed by atoms with van der Waals surface area (Å²) >= 11 is 1.04. The van der Waals surface area contributed by atoms with Crippen LogP contribution in [0.15, 0.2) is 40.9 Å². The number of sulfonamides is 1. The SMILES string of the molecule is NCc1cnc(S(=O)(=O)N2C[C@H](C(=O)N3CCS(=O)(=O)CC3)C[C@@H](c3ccccc3)C2)s1. The lowest BCUT2D eigenvalue weighted by atomic mass is 9.85. The Morgan fingerprint density at radius 3 is 2.47 bits per heavy atom. The number of piperidine rings is 1. The summed E-state index contributed by atoms with van der Waals surface area (Å²) in [7, 11) is -7.01. The fraction of sp³-hybridized carbons (Fsp3) is 0.500. The smallest absolute Gasteiger partial charge is 0.270 e. The Bertz CT molecular complexity index is 1170. The van der Waals surface area contributed by atoms with Gasteiger partial charge in [0.05, 0.1) is 17.4 Å². The zero-order valence-corrected chi connectivity index (χ0v) is 19.9. The van der Waals surface area contributed by atoms with Gasteiger partial charge < -0.3 is 10.6 Å². The molecule has 0 spiro atoms. The molecule has 2 N–H and O–H groups in total. The van der Waals surface area contributed by atoms with Crippen LogP contribution in [-0.4, -0.2) is 74.6 Å². The first kappa shape index (κ1) is 23.3. The fourth-order valence-corrected chi connectivity index (χ4v) is 8.14. The number of carbonyl (C=O) groups is 1. The summed E-state index contributed by atoms with van der Waals surface area (Å²) in [5, 5.41) is 0. The van der Waals surface area contributed by atoms with Crippen molar-refractivity contribution >= 4 is 37.1 Å². The van der Waals surface area contributed by atoms with Crippen molar-refractivity contribution in [3.63, 3.8) is 0 Å². The van der Waals surface area contributed by atoms with Gasteiger partial charge in [0.1, 0.15) is 0 Å². The lowest BCUT2D eigenvalue weighted by Crippen LogP contribution is -2.52. The third kappa shape index (κ3) is 4.88. The minimum Gasteiger partial charge on any atom is -0.340 e. The highest BCUT2D eigenvalue weighted by Crippen LogP contribution is 2.35. The number of sulfone groups is 1. The molecule has 4 rings (SSSR count). The lowest BCUT2D eigenvalue weighted by Gasteiger charge is -2.38. The van der Waals surface area contributed by atoms with E-state index in [0.29, 0.717) is 11.3 Å². The van der Waals surface area contributed by atoms with Crippen LogP contribution in [0.1, 0.15) is 22.8 Å². The highest BCUT2D eigenvalue weighted by atomic mass is 32.2. The molecule has 0 radical (unpaired) electrons. The van der Waals surface area contributed by atoms with Crippen molar-refractivity contribution in [3.8, 4) is 0 Å². The zero-order valence-electron chi connectivity index (χ0n) is 17.5. The molecule has 3 heterocycles. The van der Waals surface area contributed by atoms with E-state index in [1.165, 1.54) is 10.5 Å². The van der Waals surface area contributed by atoms with Crippen LogP contribution in [0.3, 0.4) is 0 Å². The number of amides is 1. The molecule has 0 bridgehead atoms. The molecule has 174 valence electrons. The highest BCUT2D eigenvalue weighted by molar-refractivity contribution is 7.91. The van der Waals surface area contributed by atoms with E-state index in [-0.39, 0.29) is 60.4 Å². The third-order valence-electron chi connectivity index (χ3n) is 5.99. The molecule has 2 aromatic rings. The maximum Gasteiger partial charge on any atom is 0.270 e. The van der Waals surface area contributed by atoms with E-state index >= 15 is 0 Å². The molecule has 0 saturated carbocycles. The molecule has 1 aromatic carbocycles. The van der Waals surface area contributed by atoms with Crippen molar-refractivity contribution < 1.29 is 21.6 Å². The molecule has 2 atom stereocenters. The molecule has 1 aromatic heterocycles. The molecule has 32 heavy (non-hydrogen) atoms. The fourth-order valence-electron chi connectivity index (χ4n) is 4.21. The zero-order chi connectivity index (χ0) is 22.9. The number of nitrogens with two attached hydrogens (primary N) is 1. The summed E-state index contributed by atoms with van der Waals surface area (Å²) in [6.45, 7) is 0.797. The van der Waals surface area contributed by atoms with Gasteiger partial charge in [-0.2, -0.15) is 4.31 Å². The third-order valence-corrected chi connectivity index (χ3v) is 10.8. The highest BCUT2D eigenvalue weighted by Gasteiger charge is 2.41. The van der Waals surface area contributed by atoms with Gasteiger partial charge in [0, 0.05) is 43.8 Å². The van der Waals surface area contributed by atoms with Gasteiger partial charge in [-0.3, -0.25) is 4.79 Å². The normalized spacial score (nSPS) is 24.3. The second kappa shape index (κ2) is 9.18. The van der Waals surface area contributed by atoms with Crippen LogP contribution in [0.5, 0.6) is 0 Å². The summed E-state index contributed by atoms with van der Waals surface area (Å²) in [5.74, 6) is -1.02. The maximum atomic E-state index is 13.4. The number of carbonyl (C=O) groups excluding carboxylic acids is 1. The van der Waals surface area contributed by atoms with Crippen LogP contribution in [-0.2, 0) is 31.2 Å². The number of aromatic nitrogens is 1. The number of hydrogen-bond acceptors (Lipinski definition) is 8. The molecule has 2 aliphatic heterocycles. The Labute approximate surface area is 192 Å². The molecule has 2 fully saturated rings. The average Bonchev–Trinajstić information content (AvgIpc) is 3.29. The van der Waals surface area contributed by atoms with E-state index in [2.05, 4.69) is 4.98 Å². The Morgan fingerprint density at radius 1 is 1.16 bits per heavy atom. The average molecular weight is 499 g/mol. The quantitative estimate of drug-likeness (QED) is 0.640. The monoisotopic (exact) mass is 498 g/mol. The Hall–Kier alpha value is -1.86. The summed E-state index contributed by atoms with van der Waals surface area (Å²) in [6, 6.07) is 9.55. The Balaban J connectivity index is 1.61. The number of nitrogens with zero attached hydrogens (tertiary/aromatic N) is 3. The summed E-state index contributed by atoms with van der Waals surface area (Å²) in [4.78, 5) is 19.6. The largest absolute Gasteiger partial charge is 0.340 e. The second-order valence-corrected chi connectivity index (χ2v) is 13.7. The molecular weight excluding hydrogens is 472 g/mol. The summed E-state index contributed by atoms with van der Waals surface area (Å²) < 4.78 is 51.5. The number of rotatable bonds is 5. The second-order valence-electron chi connectivity index (χ2n) is 8.14. The minimum atomic E-state index is -3.89. The van der Waals surface area contributed by atoms with Gasteiger partial charge in [0.25, 0.3) is 10.0 Å².